The smallest absolute Gasteiger partial charge is 0.315 e. The molecule has 1 aliphatic rings. The van der Waals surface area contributed by atoms with Crippen molar-refractivity contribution in [3.63, 3.8) is 0 Å². The largest absolute Gasteiger partial charge is 0.469 e. The molecule has 0 aliphatic heterocycles. The van der Waals surface area contributed by atoms with Crippen LogP contribution >= 0.6 is 0 Å². The Hall–Kier alpha value is -3.19. The maximum absolute atomic E-state index is 12.9. The van der Waals surface area contributed by atoms with Crippen molar-refractivity contribution >= 4 is 23.3 Å². The molecule has 0 aromatic heterocycles. The number of methoxy groups -OCH3 is 2. The fourth-order valence-electron chi connectivity index (χ4n) is 4.13. The van der Waals surface area contributed by atoms with E-state index in [0.29, 0.717) is 5.71 Å². The molecule has 30 heavy (non-hydrogen) atoms. The third kappa shape index (κ3) is 4.36. The Morgan fingerprint density at radius 2 is 1.57 bits per heavy atom. The minimum absolute atomic E-state index is 0.00962. The lowest BCUT2D eigenvalue weighted by Gasteiger charge is -2.44. The number of ether oxygens (including phenoxy) is 2. The Morgan fingerprint density at radius 1 is 1.00 bits per heavy atom. The topological polar surface area (TPSA) is 97.2 Å². The van der Waals surface area contributed by atoms with Gasteiger partial charge in [0.15, 0.2) is 0 Å². The summed E-state index contributed by atoms with van der Waals surface area (Å²) in [6, 6.07) is 18.4. The van der Waals surface area contributed by atoms with Gasteiger partial charge in [-0.1, -0.05) is 48.5 Å². The Bertz CT molecular complexity index is 912. The zero-order valence-electron chi connectivity index (χ0n) is 17.2. The molecule has 4 atom stereocenters. The van der Waals surface area contributed by atoms with Gasteiger partial charge in [0.25, 0.3) is 0 Å². The second kappa shape index (κ2) is 9.09. The quantitative estimate of drug-likeness (QED) is 0.581. The fraction of sp³-hybridized carbons (Fsp3) is 0.348. The van der Waals surface area contributed by atoms with Gasteiger partial charge in [-0.3, -0.25) is 15.0 Å². The third-order valence-electron chi connectivity index (χ3n) is 5.48. The van der Waals surface area contributed by atoms with Crippen molar-refractivity contribution in [2.24, 2.45) is 16.9 Å². The number of hydrogen-bond acceptors (Lipinski definition) is 7. The van der Waals surface area contributed by atoms with Crippen molar-refractivity contribution in [1.82, 2.24) is 0 Å². The standard InChI is InChI=1S/C23H26N2O5/c1-23(28)14-17(25-24-16-12-8-5-9-13-16)19(21(26)29-2)18(20(23)22(27)30-3)15-10-6-4-7-11-15/h4-13,18-20,24,28H,14H2,1-3H3. The van der Waals surface area contributed by atoms with Gasteiger partial charge in [0.1, 0.15) is 5.92 Å². The van der Waals surface area contributed by atoms with Crippen molar-refractivity contribution in [3.05, 3.63) is 66.2 Å². The third-order valence-corrected chi connectivity index (χ3v) is 5.48. The number of esters is 2. The Kier molecular flexibility index (Phi) is 6.52. The molecular weight excluding hydrogens is 384 g/mol. The number of anilines is 1. The van der Waals surface area contributed by atoms with Crippen LogP contribution < -0.4 is 5.43 Å². The average molecular weight is 410 g/mol. The van der Waals surface area contributed by atoms with Gasteiger partial charge in [0.05, 0.1) is 37.1 Å². The number of nitrogens with one attached hydrogen (secondary N) is 1. The summed E-state index contributed by atoms with van der Waals surface area (Å²) >= 11 is 0. The van der Waals surface area contributed by atoms with Crippen LogP contribution in [0.3, 0.4) is 0 Å². The summed E-state index contributed by atoms with van der Waals surface area (Å²) < 4.78 is 10.1. The normalized spacial score (nSPS) is 27.3. The van der Waals surface area contributed by atoms with E-state index in [1.807, 2.05) is 60.7 Å². The molecule has 2 N–H and O–H groups in total. The lowest BCUT2D eigenvalue weighted by atomic mass is 9.61. The predicted molar refractivity (Wildman–Crippen MR) is 113 cm³/mol. The molecule has 2 aromatic rings. The molecule has 7 nitrogen and oxygen atoms in total. The van der Waals surface area contributed by atoms with Crippen LogP contribution in [0.15, 0.2) is 65.8 Å². The minimum atomic E-state index is -1.48. The number of para-hydroxylation sites is 1. The molecule has 7 heteroatoms. The first-order valence-corrected chi connectivity index (χ1v) is 9.69. The molecule has 0 bridgehead atoms. The zero-order chi connectivity index (χ0) is 21.7. The molecule has 1 fully saturated rings. The summed E-state index contributed by atoms with van der Waals surface area (Å²) in [4.78, 5) is 25.6. The first-order chi connectivity index (χ1) is 14.4. The zero-order valence-corrected chi connectivity index (χ0v) is 17.2. The Labute approximate surface area is 175 Å². The molecule has 2 aromatic carbocycles. The van der Waals surface area contributed by atoms with Gasteiger partial charge in [0, 0.05) is 12.3 Å². The van der Waals surface area contributed by atoms with E-state index in [-0.39, 0.29) is 6.42 Å². The lowest BCUT2D eigenvalue weighted by Crippen LogP contribution is -2.55. The molecule has 0 spiro atoms. The number of rotatable bonds is 5. The first-order valence-electron chi connectivity index (χ1n) is 9.69. The monoisotopic (exact) mass is 410 g/mol. The van der Waals surface area contributed by atoms with Crippen LogP contribution in [-0.4, -0.2) is 42.6 Å². The lowest BCUT2D eigenvalue weighted by molar-refractivity contribution is -0.160. The van der Waals surface area contributed by atoms with E-state index in [0.717, 1.165) is 11.3 Å². The van der Waals surface area contributed by atoms with Gasteiger partial charge in [-0.25, -0.2) is 0 Å². The SMILES string of the molecule is COC(=O)C1C(=NNc2ccccc2)CC(C)(O)C(C(=O)OC)C1c1ccccc1. The van der Waals surface area contributed by atoms with Crippen LogP contribution in [0.5, 0.6) is 0 Å². The molecule has 1 aliphatic carbocycles. The van der Waals surface area contributed by atoms with Crippen LogP contribution in [-0.2, 0) is 19.1 Å². The molecule has 0 saturated heterocycles. The van der Waals surface area contributed by atoms with E-state index >= 15 is 0 Å². The highest BCUT2D eigenvalue weighted by Crippen LogP contribution is 2.47. The van der Waals surface area contributed by atoms with Gasteiger partial charge < -0.3 is 14.6 Å². The molecular formula is C23H26N2O5. The highest BCUT2D eigenvalue weighted by atomic mass is 16.5. The number of hydrazone groups is 1. The van der Waals surface area contributed by atoms with Crippen LogP contribution in [0.1, 0.15) is 24.8 Å². The van der Waals surface area contributed by atoms with Crippen LogP contribution in [0.4, 0.5) is 5.69 Å². The first kappa shape index (κ1) is 21.5. The summed E-state index contributed by atoms with van der Waals surface area (Å²) in [6.07, 6.45) is 0.00962. The molecule has 0 amide bonds. The number of benzene rings is 2. The summed E-state index contributed by atoms with van der Waals surface area (Å²) in [5.74, 6) is -3.64. The van der Waals surface area contributed by atoms with Crippen molar-refractivity contribution in [2.75, 3.05) is 19.6 Å². The number of hydrogen-bond donors (Lipinski definition) is 2. The molecule has 1 saturated carbocycles. The highest BCUT2D eigenvalue weighted by Gasteiger charge is 2.56. The van der Waals surface area contributed by atoms with Crippen LogP contribution in [0.2, 0.25) is 0 Å². The van der Waals surface area contributed by atoms with Gasteiger partial charge in [0.2, 0.25) is 0 Å². The fourth-order valence-corrected chi connectivity index (χ4v) is 4.13. The molecule has 0 heterocycles. The van der Waals surface area contributed by atoms with E-state index in [9.17, 15) is 14.7 Å². The van der Waals surface area contributed by atoms with E-state index < -0.39 is 35.3 Å². The van der Waals surface area contributed by atoms with E-state index in [2.05, 4.69) is 10.5 Å². The van der Waals surface area contributed by atoms with Gasteiger partial charge in [-0.2, -0.15) is 5.10 Å². The van der Waals surface area contributed by atoms with Gasteiger partial charge in [-0.05, 0) is 24.6 Å². The molecule has 0 radical (unpaired) electrons. The van der Waals surface area contributed by atoms with Gasteiger partial charge in [-0.15, -0.1) is 0 Å². The minimum Gasteiger partial charge on any atom is -0.469 e. The summed E-state index contributed by atoms with van der Waals surface area (Å²) in [6.45, 7) is 1.57. The molecule has 3 rings (SSSR count). The number of aliphatic hydroxyl groups is 1. The number of nitrogens with zero attached hydrogens (tertiary/aromatic N) is 1. The van der Waals surface area contributed by atoms with Crippen molar-refractivity contribution in [3.8, 4) is 0 Å². The number of carbonyl (C=O) groups excluding carboxylic acids is 2. The van der Waals surface area contributed by atoms with Crippen LogP contribution in [0.25, 0.3) is 0 Å². The molecule has 4 unspecified atom stereocenters. The predicted octanol–water partition coefficient (Wildman–Crippen LogP) is 2.97. The second-order valence-electron chi connectivity index (χ2n) is 7.55. The van der Waals surface area contributed by atoms with Crippen molar-refractivity contribution < 1.29 is 24.2 Å². The van der Waals surface area contributed by atoms with E-state index in [1.54, 1.807) is 6.92 Å². The summed E-state index contributed by atoms with van der Waals surface area (Å²) in [5, 5.41) is 15.7. The van der Waals surface area contributed by atoms with Crippen molar-refractivity contribution in [1.29, 1.82) is 0 Å². The summed E-state index contributed by atoms with van der Waals surface area (Å²) in [7, 11) is 2.57. The highest BCUT2D eigenvalue weighted by molar-refractivity contribution is 6.06. The maximum Gasteiger partial charge on any atom is 0.315 e. The Morgan fingerprint density at radius 3 is 2.13 bits per heavy atom. The number of carbonyl (C=O) groups is 2. The van der Waals surface area contributed by atoms with Gasteiger partial charge >= 0.3 is 11.9 Å². The van der Waals surface area contributed by atoms with E-state index in [4.69, 9.17) is 9.47 Å². The molecule has 158 valence electrons. The van der Waals surface area contributed by atoms with Crippen LogP contribution in [0, 0.1) is 11.8 Å². The Balaban J connectivity index is 2.12. The summed E-state index contributed by atoms with van der Waals surface area (Å²) in [5.41, 5.74) is 3.33. The average Bonchev–Trinajstić information content (AvgIpc) is 2.77. The maximum atomic E-state index is 12.9. The van der Waals surface area contributed by atoms with Crippen molar-refractivity contribution in [2.45, 2.75) is 24.9 Å². The van der Waals surface area contributed by atoms with E-state index in [1.165, 1.54) is 14.2 Å². The second-order valence-corrected chi connectivity index (χ2v) is 7.55.